The van der Waals surface area contributed by atoms with Crippen LogP contribution in [0.3, 0.4) is 0 Å². The van der Waals surface area contributed by atoms with Crippen LogP contribution in [0.5, 0.6) is 0 Å². The highest BCUT2D eigenvalue weighted by Gasteiger charge is 2.23. The van der Waals surface area contributed by atoms with Gasteiger partial charge in [0.1, 0.15) is 6.61 Å². The fourth-order valence-electron chi connectivity index (χ4n) is 4.87. The first-order valence-electron chi connectivity index (χ1n) is 18.7. The molecule has 282 valence electrons. The minimum Gasteiger partial charge on any atom is -0.462 e. The maximum Gasteiger partial charge on any atom is 0.469 e. The molecule has 0 aromatic rings. The number of aliphatic hydroxyl groups excluding tert-OH is 1. The van der Waals surface area contributed by atoms with Crippen LogP contribution in [0, 0.1) is 0 Å². The molecule has 0 saturated heterocycles. The van der Waals surface area contributed by atoms with Gasteiger partial charge in [-0.1, -0.05) is 152 Å². The maximum absolute atomic E-state index is 12.3. The lowest BCUT2D eigenvalue weighted by Crippen LogP contribution is -2.29. The van der Waals surface area contributed by atoms with Crippen molar-refractivity contribution in [1.29, 1.82) is 0 Å². The van der Waals surface area contributed by atoms with E-state index < -0.39 is 38.6 Å². The Morgan fingerprint density at radius 3 is 1.69 bits per heavy atom. The summed E-state index contributed by atoms with van der Waals surface area (Å²) < 4.78 is 26.2. The maximum atomic E-state index is 12.3. The van der Waals surface area contributed by atoms with E-state index >= 15 is 0 Å². The summed E-state index contributed by atoms with van der Waals surface area (Å²) >= 11 is 0. The molecule has 49 heavy (non-hydrogen) atoms. The molecule has 1 unspecified atom stereocenters. The number of rotatable bonds is 33. The molecule has 0 aliphatic heterocycles. The standard InChI is InChI=1S/C39H67O9P/c1-3-5-7-9-11-13-15-17-19-21-23-25-27-30-36(40)31-29-33-38(41)46-34-37(35-47-49(43,44)45)48-39(42)32-28-26-24-22-20-18-16-14-12-10-8-6-4-2/h5,7,11,13,17,19,23,25,27,30,36-37,40H,3-4,6,8-10,12,14-16,18,20-22,24,26,28-29,31-35H2,1-2H3,(H2,43,44,45)/b7-5-,13-11-,19-17-,25-23-,30-27+/t36?,37-/m1/s1. The molecule has 0 aliphatic carbocycles. The van der Waals surface area contributed by atoms with E-state index in [0.717, 1.165) is 44.9 Å². The summed E-state index contributed by atoms with van der Waals surface area (Å²) in [5.41, 5.74) is 0. The van der Waals surface area contributed by atoms with Crippen LogP contribution in [-0.2, 0) is 28.2 Å². The number of carbonyl (C=O) groups excluding carboxylic acids is 2. The van der Waals surface area contributed by atoms with Crippen molar-refractivity contribution < 1.29 is 43.0 Å². The number of carbonyl (C=O) groups is 2. The van der Waals surface area contributed by atoms with Gasteiger partial charge in [-0.05, 0) is 44.9 Å². The quantitative estimate of drug-likeness (QED) is 0.0200. The Labute approximate surface area is 297 Å². The Hall–Kier alpha value is -2.29. The van der Waals surface area contributed by atoms with Crippen molar-refractivity contribution >= 4 is 19.8 Å². The molecule has 0 heterocycles. The van der Waals surface area contributed by atoms with Gasteiger partial charge in [0.05, 0.1) is 12.7 Å². The van der Waals surface area contributed by atoms with E-state index in [0.29, 0.717) is 19.3 Å². The number of esters is 2. The first-order valence-corrected chi connectivity index (χ1v) is 20.2. The fourth-order valence-corrected chi connectivity index (χ4v) is 5.23. The van der Waals surface area contributed by atoms with E-state index in [1.807, 2.05) is 12.2 Å². The van der Waals surface area contributed by atoms with Gasteiger partial charge in [0.15, 0.2) is 6.10 Å². The molecule has 0 fully saturated rings. The van der Waals surface area contributed by atoms with E-state index in [9.17, 15) is 19.3 Å². The van der Waals surface area contributed by atoms with Crippen LogP contribution in [0.15, 0.2) is 60.8 Å². The number of hydrogen-bond acceptors (Lipinski definition) is 7. The van der Waals surface area contributed by atoms with Gasteiger partial charge in [-0.2, -0.15) is 0 Å². The van der Waals surface area contributed by atoms with Gasteiger partial charge < -0.3 is 24.4 Å². The topological polar surface area (TPSA) is 140 Å². The number of aliphatic hydroxyl groups is 1. The zero-order valence-corrected chi connectivity index (χ0v) is 31.3. The van der Waals surface area contributed by atoms with Crippen molar-refractivity contribution in [3.8, 4) is 0 Å². The minimum absolute atomic E-state index is 0.0356. The molecule has 2 atom stereocenters. The third-order valence-corrected chi connectivity index (χ3v) is 8.14. The van der Waals surface area contributed by atoms with E-state index in [1.54, 1.807) is 12.2 Å². The van der Waals surface area contributed by atoms with E-state index in [4.69, 9.17) is 19.3 Å². The van der Waals surface area contributed by atoms with Crippen LogP contribution in [0.2, 0.25) is 0 Å². The number of unbranched alkanes of at least 4 members (excludes halogenated alkanes) is 12. The van der Waals surface area contributed by atoms with Gasteiger partial charge in [-0.3, -0.25) is 14.1 Å². The molecule has 0 bridgehead atoms. The second kappa shape index (κ2) is 34.2. The van der Waals surface area contributed by atoms with Gasteiger partial charge in [0.25, 0.3) is 0 Å². The number of allylic oxidation sites excluding steroid dienone is 9. The van der Waals surface area contributed by atoms with Gasteiger partial charge in [-0.15, -0.1) is 0 Å². The Morgan fingerprint density at radius 1 is 0.633 bits per heavy atom. The van der Waals surface area contributed by atoms with Crippen molar-refractivity contribution in [2.45, 2.75) is 161 Å². The number of ether oxygens (including phenoxy) is 2. The third-order valence-electron chi connectivity index (χ3n) is 7.65. The highest BCUT2D eigenvalue weighted by molar-refractivity contribution is 7.46. The summed E-state index contributed by atoms with van der Waals surface area (Å²) in [7, 11) is -4.79. The van der Waals surface area contributed by atoms with E-state index in [1.165, 1.54) is 57.8 Å². The largest absolute Gasteiger partial charge is 0.469 e. The second-order valence-electron chi connectivity index (χ2n) is 12.4. The molecule has 3 N–H and O–H groups in total. The van der Waals surface area contributed by atoms with Crippen molar-refractivity contribution in [2.75, 3.05) is 13.2 Å². The Bertz CT molecular complexity index is 996. The number of phosphoric ester groups is 1. The SMILES string of the molecule is CC/C=C\C/C=C\C/C=C\C/C=C\C=C\C(O)CCCC(=O)OC[C@H](COP(=O)(O)O)OC(=O)CCCCCCCCCCCCCCC. The smallest absolute Gasteiger partial charge is 0.462 e. The normalized spacial score (nSPS) is 13.8. The Kier molecular flexibility index (Phi) is 32.6. The summed E-state index contributed by atoms with van der Waals surface area (Å²) in [6, 6.07) is 0. The summed E-state index contributed by atoms with van der Waals surface area (Å²) in [6.07, 6.45) is 38.3. The molecular weight excluding hydrogens is 643 g/mol. The summed E-state index contributed by atoms with van der Waals surface area (Å²) in [5, 5.41) is 10.1. The van der Waals surface area contributed by atoms with Gasteiger partial charge in [0, 0.05) is 12.8 Å². The van der Waals surface area contributed by atoms with Gasteiger partial charge in [0.2, 0.25) is 0 Å². The van der Waals surface area contributed by atoms with Crippen LogP contribution >= 0.6 is 7.82 Å². The zero-order chi connectivity index (χ0) is 36.3. The van der Waals surface area contributed by atoms with Crippen molar-refractivity contribution in [1.82, 2.24) is 0 Å². The van der Waals surface area contributed by atoms with Crippen LogP contribution in [0.4, 0.5) is 0 Å². The average Bonchev–Trinajstić information content (AvgIpc) is 3.06. The van der Waals surface area contributed by atoms with E-state index in [2.05, 4.69) is 54.8 Å². The Morgan fingerprint density at radius 2 is 1.14 bits per heavy atom. The first-order chi connectivity index (χ1) is 23.7. The van der Waals surface area contributed by atoms with Crippen LogP contribution in [-0.4, -0.2) is 52.3 Å². The molecule has 9 nitrogen and oxygen atoms in total. The highest BCUT2D eigenvalue weighted by atomic mass is 31.2. The average molecular weight is 711 g/mol. The van der Waals surface area contributed by atoms with Crippen molar-refractivity contribution in [3.05, 3.63) is 60.8 Å². The predicted octanol–water partition coefficient (Wildman–Crippen LogP) is 9.92. The number of hydrogen-bond donors (Lipinski definition) is 3. The lowest BCUT2D eigenvalue weighted by molar-refractivity contribution is -0.161. The van der Waals surface area contributed by atoms with Crippen LogP contribution in [0.25, 0.3) is 0 Å². The monoisotopic (exact) mass is 710 g/mol. The van der Waals surface area contributed by atoms with Gasteiger partial charge >= 0.3 is 19.8 Å². The minimum atomic E-state index is -4.79. The summed E-state index contributed by atoms with van der Waals surface area (Å²) in [6.45, 7) is 3.38. The van der Waals surface area contributed by atoms with Crippen LogP contribution < -0.4 is 0 Å². The van der Waals surface area contributed by atoms with Crippen molar-refractivity contribution in [2.24, 2.45) is 0 Å². The molecule has 0 rings (SSSR count). The summed E-state index contributed by atoms with van der Waals surface area (Å²) in [4.78, 5) is 42.7. The molecule has 10 heteroatoms. The number of phosphoric acid groups is 1. The van der Waals surface area contributed by atoms with Crippen LogP contribution in [0.1, 0.15) is 149 Å². The molecule has 0 amide bonds. The molecule has 0 aliphatic rings. The lowest BCUT2D eigenvalue weighted by Gasteiger charge is -2.18. The molecule has 0 radical (unpaired) electrons. The Balaban J connectivity index is 4.19. The predicted molar refractivity (Wildman–Crippen MR) is 199 cm³/mol. The highest BCUT2D eigenvalue weighted by Crippen LogP contribution is 2.36. The first kappa shape index (κ1) is 46.7. The lowest BCUT2D eigenvalue weighted by atomic mass is 10.0. The third kappa shape index (κ3) is 36.8. The second-order valence-corrected chi connectivity index (χ2v) is 13.6. The molecule has 0 saturated carbocycles. The van der Waals surface area contributed by atoms with Gasteiger partial charge in [-0.25, -0.2) is 4.57 Å². The zero-order valence-electron chi connectivity index (χ0n) is 30.4. The fraction of sp³-hybridized carbons (Fsp3) is 0.692. The molecule has 0 aromatic heterocycles. The molecule has 0 aromatic carbocycles. The molecule has 0 spiro atoms. The van der Waals surface area contributed by atoms with E-state index in [-0.39, 0.29) is 19.4 Å². The summed E-state index contributed by atoms with van der Waals surface area (Å²) in [5.74, 6) is -1.09. The molecular formula is C39H67O9P. The van der Waals surface area contributed by atoms with Crippen molar-refractivity contribution in [3.63, 3.8) is 0 Å².